The quantitative estimate of drug-likeness (QED) is 0.795. The fourth-order valence-electron chi connectivity index (χ4n) is 1.62. The Bertz CT molecular complexity index is 377. The number of hydrogen-bond acceptors (Lipinski definition) is 3. The van der Waals surface area contributed by atoms with Gasteiger partial charge in [-0.05, 0) is 43.5 Å². The van der Waals surface area contributed by atoms with Crippen LogP contribution in [-0.2, 0) is 11.2 Å². The van der Waals surface area contributed by atoms with Gasteiger partial charge in [0.05, 0.1) is 6.61 Å². The first-order valence-electron chi connectivity index (χ1n) is 5.81. The standard InChI is InChI=1S/C13H19NO3/c1-3-17-13-7-6-12(14-10(2)16)9-11(13)5-4-8-15/h6-7,9,15H,3-5,8H2,1-2H3,(H,14,16). The number of aliphatic hydroxyl groups excluding tert-OH is 1. The number of carbonyl (C=O) groups excluding carboxylic acids is 1. The normalized spacial score (nSPS) is 10.1. The summed E-state index contributed by atoms with van der Waals surface area (Å²) in [7, 11) is 0. The summed E-state index contributed by atoms with van der Waals surface area (Å²) < 4.78 is 5.50. The van der Waals surface area contributed by atoms with Gasteiger partial charge in [-0.2, -0.15) is 0 Å². The molecule has 4 nitrogen and oxygen atoms in total. The molecule has 1 aromatic rings. The number of anilines is 1. The van der Waals surface area contributed by atoms with Gasteiger partial charge >= 0.3 is 0 Å². The van der Waals surface area contributed by atoms with Crippen LogP contribution in [0.4, 0.5) is 5.69 Å². The lowest BCUT2D eigenvalue weighted by Crippen LogP contribution is -2.07. The highest BCUT2D eigenvalue weighted by Gasteiger charge is 2.05. The van der Waals surface area contributed by atoms with Gasteiger partial charge in [-0.3, -0.25) is 4.79 Å². The SMILES string of the molecule is CCOc1ccc(NC(C)=O)cc1CCCO. The lowest BCUT2D eigenvalue weighted by molar-refractivity contribution is -0.114. The molecule has 0 radical (unpaired) electrons. The third kappa shape index (κ3) is 4.44. The fourth-order valence-corrected chi connectivity index (χ4v) is 1.62. The molecule has 0 aliphatic carbocycles. The molecule has 0 aromatic heterocycles. The van der Waals surface area contributed by atoms with E-state index in [2.05, 4.69) is 5.32 Å². The van der Waals surface area contributed by atoms with Crippen molar-refractivity contribution in [3.63, 3.8) is 0 Å². The molecular weight excluding hydrogens is 218 g/mol. The average molecular weight is 237 g/mol. The van der Waals surface area contributed by atoms with Crippen molar-refractivity contribution < 1.29 is 14.6 Å². The molecular formula is C13H19NO3. The summed E-state index contributed by atoms with van der Waals surface area (Å²) in [5.74, 6) is 0.720. The number of hydrogen-bond donors (Lipinski definition) is 2. The lowest BCUT2D eigenvalue weighted by atomic mass is 10.1. The number of aliphatic hydroxyl groups is 1. The summed E-state index contributed by atoms with van der Waals surface area (Å²) in [6.07, 6.45) is 1.42. The van der Waals surface area contributed by atoms with Crippen LogP contribution >= 0.6 is 0 Å². The Morgan fingerprint density at radius 2 is 2.24 bits per heavy atom. The molecule has 0 heterocycles. The smallest absolute Gasteiger partial charge is 0.221 e. The van der Waals surface area contributed by atoms with E-state index in [9.17, 15) is 4.79 Å². The van der Waals surface area contributed by atoms with Crippen LogP contribution < -0.4 is 10.1 Å². The fraction of sp³-hybridized carbons (Fsp3) is 0.462. The topological polar surface area (TPSA) is 58.6 Å². The summed E-state index contributed by atoms with van der Waals surface area (Å²) in [4.78, 5) is 11.0. The van der Waals surface area contributed by atoms with Crippen molar-refractivity contribution in [3.8, 4) is 5.75 Å². The van der Waals surface area contributed by atoms with Crippen LogP contribution in [0.15, 0.2) is 18.2 Å². The third-order valence-electron chi connectivity index (χ3n) is 2.28. The van der Waals surface area contributed by atoms with Gasteiger partial charge < -0.3 is 15.2 Å². The van der Waals surface area contributed by atoms with Gasteiger partial charge in [-0.15, -0.1) is 0 Å². The molecule has 4 heteroatoms. The second-order valence-corrected chi connectivity index (χ2v) is 3.76. The number of rotatable bonds is 6. The third-order valence-corrected chi connectivity index (χ3v) is 2.28. The Balaban J connectivity index is 2.88. The Morgan fingerprint density at radius 3 is 2.82 bits per heavy atom. The summed E-state index contributed by atoms with van der Waals surface area (Å²) in [6.45, 7) is 4.16. The Labute approximate surface area is 102 Å². The predicted molar refractivity (Wildman–Crippen MR) is 67.3 cm³/mol. The maximum absolute atomic E-state index is 11.0. The van der Waals surface area contributed by atoms with Crippen LogP contribution in [-0.4, -0.2) is 24.2 Å². The highest BCUT2D eigenvalue weighted by atomic mass is 16.5. The van der Waals surface area contributed by atoms with Gasteiger partial charge in [0.1, 0.15) is 5.75 Å². The van der Waals surface area contributed by atoms with E-state index in [0.29, 0.717) is 13.0 Å². The molecule has 0 saturated heterocycles. The molecule has 1 amide bonds. The van der Waals surface area contributed by atoms with Crippen LogP contribution in [0, 0.1) is 0 Å². The largest absolute Gasteiger partial charge is 0.494 e. The Kier molecular flexibility index (Phi) is 5.49. The number of carbonyl (C=O) groups is 1. The van der Waals surface area contributed by atoms with Crippen LogP contribution in [0.1, 0.15) is 25.8 Å². The molecule has 0 aliphatic rings. The first-order valence-corrected chi connectivity index (χ1v) is 5.81. The van der Waals surface area contributed by atoms with E-state index in [1.165, 1.54) is 6.92 Å². The zero-order valence-corrected chi connectivity index (χ0v) is 10.3. The molecule has 94 valence electrons. The van der Waals surface area contributed by atoms with Gasteiger partial charge in [0, 0.05) is 19.2 Å². The van der Waals surface area contributed by atoms with E-state index in [1.54, 1.807) is 0 Å². The zero-order valence-electron chi connectivity index (χ0n) is 10.3. The van der Waals surface area contributed by atoms with Crippen LogP contribution in [0.25, 0.3) is 0 Å². The summed E-state index contributed by atoms with van der Waals surface area (Å²) >= 11 is 0. The molecule has 0 spiro atoms. The van der Waals surface area contributed by atoms with E-state index in [-0.39, 0.29) is 12.5 Å². The van der Waals surface area contributed by atoms with E-state index in [0.717, 1.165) is 23.4 Å². The van der Waals surface area contributed by atoms with Gasteiger partial charge in [0.2, 0.25) is 5.91 Å². The number of aryl methyl sites for hydroxylation is 1. The second kappa shape index (κ2) is 6.91. The van der Waals surface area contributed by atoms with E-state index in [1.807, 2.05) is 25.1 Å². The second-order valence-electron chi connectivity index (χ2n) is 3.76. The van der Waals surface area contributed by atoms with Crippen molar-refractivity contribution in [2.45, 2.75) is 26.7 Å². The minimum atomic E-state index is -0.0951. The van der Waals surface area contributed by atoms with Gasteiger partial charge in [0.25, 0.3) is 0 Å². The molecule has 0 saturated carbocycles. The van der Waals surface area contributed by atoms with Crippen molar-refractivity contribution in [2.75, 3.05) is 18.5 Å². The first kappa shape index (κ1) is 13.5. The van der Waals surface area contributed by atoms with Crippen molar-refractivity contribution in [1.29, 1.82) is 0 Å². The first-order chi connectivity index (χ1) is 8.17. The molecule has 1 rings (SSSR count). The molecule has 0 fully saturated rings. The molecule has 0 aliphatic heterocycles. The van der Waals surface area contributed by atoms with Crippen molar-refractivity contribution in [3.05, 3.63) is 23.8 Å². The minimum absolute atomic E-state index is 0.0951. The maximum Gasteiger partial charge on any atom is 0.221 e. The molecule has 1 aromatic carbocycles. The van der Waals surface area contributed by atoms with E-state index < -0.39 is 0 Å². The highest BCUT2D eigenvalue weighted by Crippen LogP contribution is 2.24. The van der Waals surface area contributed by atoms with Crippen LogP contribution in [0.5, 0.6) is 5.75 Å². The van der Waals surface area contributed by atoms with Crippen LogP contribution in [0.2, 0.25) is 0 Å². The zero-order chi connectivity index (χ0) is 12.7. The predicted octanol–water partition coefficient (Wildman–Crippen LogP) is 1.97. The summed E-state index contributed by atoms with van der Waals surface area (Å²) in [6, 6.07) is 5.55. The molecule has 17 heavy (non-hydrogen) atoms. The maximum atomic E-state index is 11.0. The van der Waals surface area contributed by atoms with E-state index in [4.69, 9.17) is 9.84 Å². The minimum Gasteiger partial charge on any atom is -0.494 e. The van der Waals surface area contributed by atoms with Gasteiger partial charge in [-0.1, -0.05) is 0 Å². The molecule has 0 unspecified atom stereocenters. The van der Waals surface area contributed by atoms with Crippen molar-refractivity contribution >= 4 is 11.6 Å². The highest BCUT2D eigenvalue weighted by molar-refractivity contribution is 5.88. The van der Waals surface area contributed by atoms with Crippen molar-refractivity contribution in [2.24, 2.45) is 0 Å². The number of nitrogens with one attached hydrogen (secondary N) is 1. The summed E-state index contributed by atoms with van der Waals surface area (Å²) in [5, 5.41) is 11.6. The Hall–Kier alpha value is -1.55. The van der Waals surface area contributed by atoms with Crippen molar-refractivity contribution in [1.82, 2.24) is 0 Å². The number of amides is 1. The average Bonchev–Trinajstić information content (AvgIpc) is 2.28. The molecule has 0 bridgehead atoms. The summed E-state index contributed by atoms with van der Waals surface area (Å²) in [5.41, 5.74) is 1.76. The van der Waals surface area contributed by atoms with Crippen LogP contribution in [0.3, 0.4) is 0 Å². The van der Waals surface area contributed by atoms with Gasteiger partial charge in [0.15, 0.2) is 0 Å². The molecule has 2 N–H and O–H groups in total. The molecule has 0 atom stereocenters. The van der Waals surface area contributed by atoms with E-state index >= 15 is 0 Å². The monoisotopic (exact) mass is 237 g/mol. The van der Waals surface area contributed by atoms with Gasteiger partial charge in [-0.25, -0.2) is 0 Å². The number of benzene rings is 1. The lowest BCUT2D eigenvalue weighted by Gasteiger charge is -2.12. The Morgan fingerprint density at radius 1 is 1.47 bits per heavy atom. The number of ether oxygens (including phenoxy) is 1.